The minimum atomic E-state index is 0.440. The van der Waals surface area contributed by atoms with E-state index < -0.39 is 0 Å². The van der Waals surface area contributed by atoms with E-state index in [2.05, 4.69) is 0 Å². The molecule has 4 N–H and O–H groups in total. The summed E-state index contributed by atoms with van der Waals surface area (Å²) in [5, 5.41) is 0. The lowest BCUT2D eigenvalue weighted by Crippen LogP contribution is -2.33. The van der Waals surface area contributed by atoms with Gasteiger partial charge in [-0.1, -0.05) is 27.7 Å². The standard InChI is InChI=1S/C6H14N2.2C2H6/c7-5-1-2-6(8)4-3-5;2*1-2/h5-6H,1-4,7-8H2;2*1-2H3. The third-order valence-corrected chi connectivity index (χ3v) is 1.82. The van der Waals surface area contributed by atoms with Crippen molar-refractivity contribution in [1.29, 1.82) is 0 Å². The molecule has 0 atom stereocenters. The Hall–Kier alpha value is -0.0800. The first kappa shape index (κ1) is 14.4. The van der Waals surface area contributed by atoms with E-state index in [0.717, 1.165) is 25.7 Å². The molecule has 1 rings (SSSR count). The molecular formula is C10H26N2. The van der Waals surface area contributed by atoms with Crippen LogP contribution in [0, 0.1) is 0 Å². The average Bonchev–Trinajstić information content (AvgIpc) is 2.17. The van der Waals surface area contributed by atoms with Crippen molar-refractivity contribution < 1.29 is 0 Å². The second-order valence-corrected chi connectivity index (χ2v) is 2.67. The van der Waals surface area contributed by atoms with Crippen molar-refractivity contribution in [2.24, 2.45) is 11.5 Å². The summed E-state index contributed by atoms with van der Waals surface area (Å²) in [7, 11) is 0. The molecule has 0 amide bonds. The number of hydrogen-bond donors (Lipinski definition) is 2. The minimum absolute atomic E-state index is 0.440. The largest absolute Gasteiger partial charge is 0.328 e. The van der Waals surface area contributed by atoms with Crippen LogP contribution in [0.1, 0.15) is 53.4 Å². The van der Waals surface area contributed by atoms with Gasteiger partial charge in [-0.15, -0.1) is 0 Å². The zero-order valence-electron chi connectivity index (χ0n) is 9.14. The number of rotatable bonds is 0. The molecule has 0 spiro atoms. The first-order chi connectivity index (χ1) is 5.79. The summed E-state index contributed by atoms with van der Waals surface area (Å²) >= 11 is 0. The molecule has 0 heterocycles. The van der Waals surface area contributed by atoms with E-state index in [1.54, 1.807) is 0 Å². The van der Waals surface area contributed by atoms with Crippen LogP contribution in [0.4, 0.5) is 0 Å². The normalized spacial score (nSPS) is 27.5. The number of hydrogen-bond acceptors (Lipinski definition) is 2. The Labute approximate surface area is 77.7 Å². The van der Waals surface area contributed by atoms with Gasteiger partial charge in [0.25, 0.3) is 0 Å². The fraction of sp³-hybridized carbons (Fsp3) is 1.00. The molecule has 0 bridgehead atoms. The van der Waals surface area contributed by atoms with Gasteiger partial charge >= 0.3 is 0 Å². The molecule has 0 radical (unpaired) electrons. The van der Waals surface area contributed by atoms with Gasteiger partial charge in [0, 0.05) is 12.1 Å². The van der Waals surface area contributed by atoms with E-state index in [0.29, 0.717) is 12.1 Å². The summed E-state index contributed by atoms with van der Waals surface area (Å²) in [6, 6.07) is 0.879. The highest BCUT2D eigenvalue weighted by atomic mass is 14.7. The average molecular weight is 174 g/mol. The Morgan fingerprint density at radius 1 is 0.667 bits per heavy atom. The van der Waals surface area contributed by atoms with Crippen LogP contribution < -0.4 is 11.5 Å². The van der Waals surface area contributed by atoms with Crippen LogP contribution >= 0.6 is 0 Å². The summed E-state index contributed by atoms with van der Waals surface area (Å²) in [6.07, 6.45) is 4.50. The zero-order chi connectivity index (χ0) is 9.98. The van der Waals surface area contributed by atoms with Crippen molar-refractivity contribution in [3.05, 3.63) is 0 Å². The molecule has 1 aliphatic carbocycles. The van der Waals surface area contributed by atoms with Crippen molar-refractivity contribution in [2.75, 3.05) is 0 Å². The minimum Gasteiger partial charge on any atom is -0.328 e. The van der Waals surface area contributed by atoms with E-state index in [1.807, 2.05) is 27.7 Å². The molecule has 1 aliphatic rings. The van der Waals surface area contributed by atoms with E-state index in [4.69, 9.17) is 11.5 Å². The van der Waals surface area contributed by atoms with Crippen LogP contribution in [-0.2, 0) is 0 Å². The Morgan fingerprint density at radius 2 is 0.833 bits per heavy atom. The predicted octanol–water partition coefficient (Wildman–Crippen LogP) is 2.27. The topological polar surface area (TPSA) is 52.0 Å². The lowest BCUT2D eigenvalue weighted by atomic mass is 9.93. The lowest BCUT2D eigenvalue weighted by Gasteiger charge is -2.22. The summed E-state index contributed by atoms with van der Waals surface area (Å²) in [6.45, 7) is 8.00. The fourth-order valence-corrected chi connectivity index (χ4v) is 1.14. The third kappa shape index (κ3) is 8.02. The van der Waals surface area contributed by atoms with E-state index in [-0.39, 0.29) is 0 Å². The van der Waals surface area contributed by atoms with Crippen LogP contribution in [0.25, 0.3) is 0 Å². The van der Waals surface area contributed by atoms with E-state index in [1.165, 1.54) is 0 Å². The van der Waals surface area contributed by atoms with Crippen LogP contribution in [0.3, 0.4) is 0 Å². The van der Waals surface area contributed by atoms with Crippen molar-refractivity contribution in [3.63, 3.8) is 0 Å². The smallest absolute Gasteiger partial charge is 0.00399 e. The molecule has 0 saturated heterocycles. The molecule has 2 heteroatoms. The SMILES string of the molecule is CC.CC.NC1CCC(N)CC1. The van der Waals surface area contributed by atoms with E-state index >= 15 is 0 Å². The third-order valence-electron chi connectivity index (χ3n) is 1.82. The molecule has 1 fully saturated rings. The predicted molar refractivity (Wildman–Crippen MR) is 57.1 cm³/mol. The molecule has 2 nitrogen and oxygen atoms in total. The van der Waals surface area contributed by atoms with Crippen molar-refractivity contribution in [2.45, 2.75) is 65.5 Å². The van der Waals surface area contributed by atoms with Gasteiger partial charge in [-0.25, -0.2) is 0 Å². The zero-order valence-corrected chi connectivity index (χ0v) is 9.14. The Balaban J connectivity index is 0. The van der Waals surface area contributed by atoms with Crippen LogP contribution in [-0.4, -0.2) is 12.1 Å². The Bertz CT molecular complexity index is 56.2. The molecule has 0 aromatic rings. The number of nitrogens with two attached hydrogens (primary N) is 2. The van der Waals surface area contributed by atoms with Crippen molar-refractivity contribution in [1.82, 2.24) is 0 Å². The molecule has 0 aliphatic heterocycles. The second-order valence-electron chi connectivity index (χ2n) is 2.67. The molecule has 12 heavy (non-hydrogen) atoms. The van der Waals surface area contributed by atoms with Crippen LogP contribution in [0.5, 0.6) is 0 Å². The summed E-state index contributed by atoms with van der Waals surface area (Å²) < 4.78 is 0. The quantitative estimate of drug-likeness (QED) is 0.592. The lowest BCUT2D eigenvalue weighted by molar-refractivity contribution is 0.395. The first-order valence-corrected chi connectivity index (χ1v) is 5.30. The monoisotopic (exact) mass is 174 g/mol. The second kappa shape index (κ2) is 10.9. The summed E-state index contributed by atoms with van der Waals surface area (Å²) in [5.41, 5.74) is 11.3. The summed E-state index contributed by atoms with van der Waals surface area (Å²) in [5.74, 6) is 0. The summed E-state index contributed by atoms with van der Waals surface area (Å²) in [4.78, 5) is 0. The van der Waals surface area contributed by atoms with E-state index in [9.17, 15) is 0 Å². The van der Waals surface area contributed by atoms with Crippen molar-refractivity contribution >= 4 is 0 Å². The molecular weight excluding hydrogens is 148 g/mol. The van der Waals surface area contributed by atoms with Crippen LogP contribution in [0.15, 0.2) is 0 Å². The molecule has 0 unspecified atom stereocenters. The maximum Gasteiger partial charge on any atom is 0.00399 e. The highest BCUT2D eigenvalue weighted by Crippen LogP contribution is 2.14. The maximum atomic E-state index is 5.64. The highest BCUT2D eigenvalue weighted by molar-refractivity contribution is 4.75. The maximum absolute atomic E-state index is 5.64. The van der Waals surface area contributed by atoms with Gasteiger partial charge in [0.2, 0.25) is 0 Å². The van der Waals surface area contributed by atoms with Gasteiger partial charge in [0.05, 0.1) is 0 Å². The van der Waals surface area contributed by atoms with Gasteiger partial charge in [0.1, 0.15) is 0 Å². The van der Waals surface area contributed by atoms with Crippen LogP contribution in [0.2, 0.25) is 0 Å². The molecule has 76 valence electrons. The first-order valence-electron chi connectivity index (χ1n) is 5.30. The van der Waals surface area contributed by atoms with Gasteiger partial charge in [-0.2, -0.15) is 0 Å². The van der Waals surface area contributed by atoms with Gasteiger partial charge in [0.15, 0.2) is 0 Å². The molecule has 0 aromatic heterocycles. The Morgan fingerprint density at radius 3 is 1.00 bits per heavy atom. The fourth-order valence-electron chi connectivity index (χ4n) is 1.14. The van der Waals surface area contributed by atoms with Gasteiger partial charge in [-0.05, 0) is 25.7 Å². The van der Waals surface area contributed by atoms with Gasteiger partial charge in [-0.3, -0.25) is 0 Å². The molecule has 0 aromatic carbocycles. The van der Waals surface area contributed by atoms with Gasteiger partial charge < -0.3 is 11.5 Å². The molecule has 1 saturated carbocycles. The highest BCUT2D eigenvalue weighted by Gasteiger charge is 2.13. The Kier molecular flexibility index (Phi) is 13.1. The van der Waals surface area contributed by atoms with Crippen molar-refractivity contribution in [3.8, 4) is 0 Å².